The summed E-state index contributed by atoms with van der Waals surface area (Å²) in [5.41, 5.74) is 5.05. The number of imidazole rings is 1. The van der Waals surface area contributed by atoms with Gasteiger partial charge in [0.25, 0.3) is 0 Å². The maximum Gasteiger partial charge on any atom is 0.138 e. The van der Waals surface area contributed by atoms with Gasteiger partial charge in [-0.1, -0.05) is 48.5 Å². The molecule has 0 saturated carbocycles. The number of pyridine rings is 1. The third kappa shape index (κ3) is 2.09. The number of benzene rings is 2. The zero-order chi connectivity index (χ0) is 14.1. The van der Waals surface area contributed by atoms with Crippen molar-refractivity contribution in [3.8, 4) is 22.6 Å². The number of rotatable bonds is 2. The third-order valence-corrected chi connectivity index (χ3v) is 3.50. The van der Waals surface area contributed by atoms with E-state index in [0.717, 1.165) is 33.7 Å². The molecular weight excluding hydrogens is 258 g/mol. The molecule has 0 aliphatic rings. The molecule has 0 aliphatic heterocycles. The van der Waals surface area contributed by atoms with Gasteiger partial charge in [-0.2, -0.15) is 0 Å². The number of H-pyrrole nitrogens is 1. The first-order valence-electron chi connectivity index (χ1n) is 6.87. The summed E-state index contributed by atoms with van der Waals surface area (Å²) in [4.78, 5) is 12.6. The lowest BCUT2D eigenvalue weighted by atomic mass is 10.1. The Kier molecular flexibility index (Phi) is 2.75. The summed E-state index contributed by atoms with van der Waals surface area (Å²) >= 11 is 0. The molecule has 0 spiro atoms. The van der Waals surface area contributed by atoms with Crippen LogP contribution in [0.3, 0.4) is 0 Å². The van der Waals surface area contributed by atoms with E-state index in [2.05, 4.69) is 28.2 Å². The molecule has 3 nitrogen and oxygen atoms in total. The normalized spacial score (nSPS) is 10.9. The molecule has 1 N–H and O–H groups in total. The molecule has 2 aromatic heterocycles. The van der Waals surface area contributed by atoms with Crippen LogP contribution in [0.25, 0.3) is 33.7 Å². The Morgan fingerprint density at radius 3 is 2.43 bits per heavy atom. The number of aromatic nitrogens is 3. The molecule has 4 rings (SSSR count). The number of nitrogens with zero attached hydrogens (tertiary/aromatic N) is 2. The maximum atomic E-state index is 4.76. The van der Waals surface area contributed by atoms with Crippen LogP contribution < -0.4 is 0 Å². The van der Waals surface area contributed by atoms with Gasteiger partial charge in [-0.25, -0.2) is 4.98 Å². The predicted molar refractivity (Wildman–Crippen MR) is 84.8 cm³/mol. The number of hydrogen-bond donors (Lipinski definition) is 1. The SMILES string of the molecule is c1ccc(-c2nc3c(-c4ccccn4)cccc3[nH]2)cc1. The molecule has 2 aromatic carbocycles. The van der Waals surface area contributed by atoms with Crippen molar-refractivity contribution in [3.63, 3.8) is 0 Å². The number of hydrogen-bond acceptors (Lipinski definition) is 2. The summed E-state index contributed by atoms with van der Waals surface area (Å²) in [5.74, 6) is 0.883. The lowest BCUT2D eigenvalue weighted by molar-refractivity contribution is 1.32. The van der Waals surface area contributed by atoms with Gasteiger partial charge in [0.1, 0.15) is 5.82 Å². The lowest BCUT2D eigenvalue weighted by Gasteiger charge is -2.00. The Labute approximate surface area is 122 Å². The Morgan fingerprint density at radius 2 is 1.62 bits per heavy atom. The minimum atomic E-state index is 0.883. The Hall–Kier alpha value is -2.94. The van der Waals surface area contributed by atoms with Crippen LogP contribution in [-0.2, 0) is 0 Å². The molecule has 100 valence electrons. The van der Waals surface area contributed by atoms with E-state index < -0.39 is 0 Å². The number of fused-ring (bicyclic) bond motifs is 1. The summed E-state index contributed by atoms with van der Waals surface area (Å²) in [6.45, 7) is 0. The molecule has 2 heterocycles. The summed E-state index contributed by atoms with van der Waals surface area (Å²) in [7, 11) is 0. The van der Waals surface area contributed by atoms with Gasteiger partial charge in [-0.05, 0) is 18.2 Å². The zero-order valence-electron chi connectivity index (χ0n) is 11.3. The Balaban J connectivity index is 1.93. The summed E-state index contributed by atoms with van der Waals surface area (Å²) in [6, 6.07) is 22.2. The van der Waals surface area contributed by atoms with Crippen LogP contribution in [0.2, 0.25) is 0 Å². The highest BCUT2D eigenvalue weighted by Gasteiger charge is 2.10. The van der Waals surface area contributed by atoms with E-state index >= 15 is 0 Å². The molecule has 0 bridgehead atoms. The van der Waals surface area contributed by atoms with Crippen LogP contribution in [0.4, 0.5) is 0 Å². The first-order valence-corrected chi connectivity index (χ1v) is 6.87. The summed E-state index contributed by atoms with van der Waals surface area (Å²) in [6.07, 6.45) is 1.80. The van der Waals surface area contributed by atoms with Gasteiger partial charge in [0.15, 0.2) is 0 Å². The molecule has 21 heavy (non-hydrogen) atoms. The van der Waals surface area contributed by atoms with E-state index in [1.165, 1.54) is 0 Å². The molecule has 0 unspecified atom stereocenters. The van der Waals surface area contributed by atoms with Crippen LogP contribution in [0, 0.1) is 0 Å². The standard InChI is InChI=1S/C18H13N3/c1-2-7-13(8-3-1)18-20-16-11-6-9-14(17(16)21-18)15-10-4-5-12-19-15/h1-12H,(H,20,21). The summed E-state index contributed by atoms with van der Waals surface area (Å²) in [5, 5.41) is 0. The van der Waals surface area contributed by atoms with E-state index in [4.69, 9.17) is 4.98 Å². The van der Waals surface area contributed by atoms with Crippen molar-refractivity contribution in [2.45, 2.75) is 0 Å². The van der Waals surface area contributed by atoms with Crippen LogP contribution in [-0.4, -0.2) is 15.0 Å². The van der Waals surface area contributed by atoms with Gasteiger partial charge < -0.3 is 4.98 Å². The van der Waals surface area contributed by atoms with E-state index in [0.29, 0.717) is 0 Å². The smallest absolute Gasteiger partial charge is 0.138 e. The van der Waals surface area contributed by atoms with Crippen molar-refractivity contribution in [2.24, 2.45) is 0 Å². The summed E-state index contributed by atoms with van der Waals surface area (Å²) < 4.78 is 0. The fourth-order valence-corrected chi connectivity index (χ4v) is 2.49. The minimum absolute atomic E-state index is 0.883. The average molecular weight is 271 g/mol. The van der Waals surface area contributed by atoms with Crippen LogP contribution in [0.1, 0.15) is 0 Å². The topological polar surface area (TPSA) is 41.6 Å². The van der Waals surface area contributed by atoms with Crippen molar-refractivity contribution in [2.75, 3.05) is 0 Å². The first-order chi connectivity index (χ1) is 10.4. The van der Waals surface area contributed by atoms with Gasteiger partial charge in [0.05, 0.1) is 16.7 Å². The quantitative estimate of drug-likeness (QED) is 0.591. The maximum absolute atomic E-state index is 4.76. The van der Waals surface area contributed by atoms with Gasteiger partial charge in [0, 0.05) is 17.3 Å². The minimum Gasteiger partial charge on any atom is -0.338 e. The fraction of sp³-hybridized carbons (Fsp3) is 0. The highest BCUT2D eigenvalue weighted by Crippen LogP contribution is 2.28. The van der Waals surface area contributed by atoms with Crippen LogP contribution in [0.15, 0.2) is 72.9 Å². The third-order valence-electron chi connectivity index (χ3n) is 3.50. The number of para-hydroxylation sites is 1. The molecular formula is C18H13N3. The monoisotopic (exact) mass is 271 g/mol. The zero-order valence-corrected chi connectivity index (χ0v) is 11.3. The second-order valence-corrected chi connectivity index (χ2v) is 4.87. The Morgan fingerprint density at radius 1 is 0.762 bits per heavy atom. The van der Waals surface area contributed by atoms with Gasteiger partial charge >= 0.3 is 0 Å². The molecule has 3 heteroatoms. The van der Waals surface area contributed by atoms with Crippen molar-refractivity contribution < 1.29 is 0 Å². The van der Waals surface area contributed by atoms with E-state index in [1.807, 2.05) is 48.5 Å². The van der Waals surface area contributed by atoms with E-state index in [9.17, 15) is 0 Å². The Bertz CT molecular complexity index is 880. The van der Waals surface area contributed by atoms with Crippen molar-refractivity contribution in [1.82, 2.24) is 15.0 Å². The highest BCUT2D eigenvalue weighted by molar-refractivity contribution is 5.92. The number of nitrogens with one attached hydrogen (secondary N) is 1. The van der Waals surface area contributed by atoms with Crippen molar-refractivity contribution in [1.29, 1.82) is 0 Å². The highest BCUT2D eigenvalue weighted by atomic mass is 14.9. The van der Waals surface area contributed by atoms with Crippen LogP contribution >= 0.6 is 0 Å². The largest absolute Gasteiger partial charge is 0.338 e. The molecule has 0 radical (unpaired) electrons. The van der Waals surface area contributed by atoms with Crippen molar-refractivity contribution >= 4 is 11.0 Å². The van der Waals surface area contributed by atoms with Gasteiger partial charge in [0.2, 0.25) is 0 Å². The fourth-order valence-electron chi connectivity index (χ4n) is 2.49. The van der Waals surface area contributed by atoms with Gasteiger partial charge in [-0.15, -0.1) is 0 Å². The molecule has 0 atom stereocenters. The molecule has 0 saturated heterocycles. The molecule has 0 amide bonds. The molecule has 0 aliphatic carbocycles. The van der Waals surface area contributed by atoms with E-state index in [1.54, 1.807) is 6.20 Å². The second kappa shape index (κ2) is 4.87. The lowest BCUT2D eigenvalue weighted by Crippen LogP contribution is -1.83. The van der Waals surface area contributed by atoms with Crippen molar-refractivity contribution in [3.05, 3.63) is 72.9 Å². The van der Waals surface area contributed by atoms with E-state index in [-0.39, 0.29) is 0 Å². The second-order valence-electron chi connectivity index (χ2n) is 4.87. The molecule has 0 fully saturated rings. The van der Waals surface area contributed by atoms with Gasteiger partial charge in [-0.3, -0.25) is 4.98 Å². The van der Waals surface area contributed by atoms with Crippen LogP contribution in [0.5, 0.6) is 0 Å². The number of aromatic amines is 1. The first kappa shape index (κ1) is 11.9. The average Bonchev–Trinajstić information content (AvgIpc) is 3.00. The molecule has 4 aromatic rings. The predicted octanol–water partition coefficient (Wildman–Crippen LogP) is 4.29.